The van der Waals surface area contributed by atoms with Crippen molar-refractivity contribution in [2.24, 2.45) is 0 Å². The van der Waals surface area contributed by atoms with Crippen LogP contribution in [0.3, 0.4) is 0 Å². The second-order valence-electron chi connectivity index (χ2n) is 10.1. The van der Waals surface area contributed by atoms with Crippen molar-refractivity contribution in [2.45, 2.75) is 85.0 Å². The van der Waals surface area contributed by atoms with Crippen LogP contribution in [0.4, 0.5) is 5.69 Å². The lowest BCUT2D eigenvalue weighted by molar-refractivity contribution is 0.296. The van der Waals surface area contributed by atoms with Gasteiger partial charge in [0.2, 0.25) is 0 Å². The number of rotatable bonds is 11. The first-order valence-electron chi connectivity index (χ1n) is 12.1. The molecule has 0 atom stereocenters. The van der Waals surface area contributed by atoms with E-state index in [9.17, 15) is 0 Å². The van der Waals surface area contributed by atoms with Gasteiger partial charge in [0.1, 0.15) is 5.75 Å². The molecule has 182 valence electrons. The van der Waals surface area contributed by atoms with Crippen LogP contribution in [0, 0.1) is 6.92 Å². The van der Waals surface area contributed by atoms with Crippen molar-refractivity contribution in [3.8, 4) is 5.75 Å². The summed E-state index contributed by atoms with van der Waals surface area (Å²) >= 11 is 11.5. The zero-order chi connectivity index (χ0) is 24.6. The average Bonchev–Trinajstić information content (AvgIpc) is 2.78. The number of hydrogen-bond acceptors (Lipinski definition) is 2. The van der Waals surface area contributed by atoms with Crippen LogP contribution in [-0.2, 0) is 10.8 Å². The molecular weight excluding hydrogens is 448 g/mol. The predicted molar refractivity (Wildman–Crippen MR) is 148 cm³/mol. The van der Waals surface area contributed by atoms with E-state index in [1.54, 1.807) is 0 Å². The number of unbranched alkanes of at least 4 members (excludes halogenated alkanes) is 1. The highest BCUT2D eigenvalue weighted by atomic mass is 35.5. The van der Waals surface area contributed by atoms with Crippen molar-refractivity contribution in [3.63, 3.8) is 0 Å². The minimum absolute atomic E-state index is 0.0764. The number of nitrogens with one attached hydrogen (secondary N) is 2. The molecule has 0 aliphatic carbocycles. The van der Waals surface area contributed by atoms with E-state index < -0.39 is 0 Å². The van der Waals surface area contributed by atoms with Gasteiger partial charge in [-0.05, 0) is 85.0 Å². The van der Waals surface area contributed by atoms with Gasteiger partial charge in [-0.25, -0.2) is 0 Å². The van der Waals surface area contributed by atoms with E-state index >= 15 is 0 Å². The maximum Gasteiger partial charge on any atom is 0.170 e. The van der Waals surface area contributed by atoms with E-state index in [2.05, 4.69) is 70.4 Å². The van der Waals surface area contributed by atoms with Crippen molar-refractivity contribution in [1.29, 1.82) is 0 Å². The molecule has 2 aromatic rings. The van der Waals surface area contributed by atoms with E-state index in [0.717, 1.165) is 49.2 Å². The number of halogens is 1. The van der Waals surface area contributed by atoms with E-state index in [1.807, 2.05) is 25.1 Å². The van der Waals surface area contributed by atoms with E-state index in [1.165, 1.54) is 11.1 Å². The highest BCUT2D eigenvalue weighted by Crippen LogP contribution is 2.38. The largest absolute Gasteiger partial charge is 0.493 e. The first kappa shape index (κ1) is 27.5. The number of anilines is 1. The highest BCUT2D eigenvalue weighted by molar-refractivity contribution is 7.80. The van der Waals surface area contributed by atoms with Crippen LogP contribution in [0.15, 0.2) is 36.4 Å². The molecule has 3 nitrogen and oxygen atoms in total. The molecule has 0 fully saturated rings. The second-order valence-corrected chi connectivity index (χ2v) is 10.9. The minimum atomic E-state index is 0.0764. The Balaban J connectivity index is 1.87. The van der Waals surface area contributed by atoms with Crippen molar-refractivity contribution >= 4 is 34.6 Å². The summed E-state index contributed by atoms with van der Waals surface area (Å²) in [5.74, 6) is 1.01. The van der Waals surface area contributed by atoms with E-state index in [4.69, 9.17) is 28.6 Å². The van der Waals surface area contributed by atoms with Crippen molar-refractivity contribution in [2.75, 3.05) is 18.5 Å². The Morgan fingerprint density at radius 2 is 1.67 bits per heavy atom. The predicted octanol–water partition coefficient (Wildman–Crippen LogP) is 8.17. The molecule has 2 N–H and O–H groups in total. The van der Waals surface area contributed by atoms with E-state index in [-0.39, 0.29) is 10.8 Å². The number of hydrogen-bond donors (Lipinski definition) is 2. The number of ether oxygens (including phenoxy) is 1. The molecule has 0 radical (unpaired) electrons. The monoisotopic (exact) mass is 488 g/mol. The van der Waals surface area contributed by atoms with Gasteiger partial charge in [-0.2, -0.15) is 0 Å². The summed E-state index contributed by atoms with van der Waals surface area (Å²) in [7, 11) is 0. The molecule has 0 amide bonds. The summed E-state index contributed by atoms with van der Waals surface area (Å²) in [5, 5.41) is 7.81. The molecule has 0 aliphatic rings. The first-order chi connectivity index (χ1) is 15.5. The zero-order valence-electron chi connectivity index (χ0n) is 21.4. The average molecular weight is 489 g/mol. The van der Waals surface area contributed by atoms with Gasteiger partial charge < -0.3 is 15.4 Å². The van der Waals surface area contributed by atoms with Gasteiger partial charge in [0, 0.05) is 22.8 Å². The number of benzene rings is 2. The fourth-order valence-corrected chi connectivity index (χ4v) is 3.89. The van der Waals surface area contributed by atoms with Crippen LogP contribution < -0.4 is 15.4 Å². The van der Waals surface area contributed by atoms with Crippen LogP contribution in [0.5, 0.6) is 5.75 Å². The Bertz CT molecular complexity index is 939. The molecule has 0 saturated heterocycles. The third kappa shape index (κ3) is 7.89. The number of thiocarbonyl (C=S) groups is 1. The maximum absolute atomic E-state index is 6.27. The second kappa shape index (κ2) is 12.1. The van der Waals surface area contributed by atoms with Crippen molar-refractivity contribution in [1.82, 2.24) is 5.32 Å². The molecular formula is C28H41ClN2OS. The molecule has 0 unspecified atom stereocenters. The molecule has 2 aromatic carbocycles. The molecule has 0 saturated carbocycles. The fraction of sp³-hybridized carbons (Fsp3) is 0.536. The Morgan fingerprint density at radius 3 is 2.33 bits per heavy atom. The van der Waals surface area contributed by atoms with Gasteiger partial charge in [0.15, 0.2) is 5.11 Å². The smallest absolute Gasteiger partial charge is 0.170 e. The number of aryl methyl sites for hydroxylation is 1. The summed E-state index contributed by atoms with van der Waals surface area (Å²) in [5.41, 5.74) is 4.98. The summed E-state index contributed by atoms with van der Waals surface area (Å²) in [6.45, 7) is 17.2. The molecule has 2 rings (SSSR count). The van der Waals surface area contributed by atoms with Gasteiger partial charge in [-0.1, -0.05) is 71.3 Å². The van der Waals surface area contributed by atoms with Crippen LogP contribution in [0.25, 0.3) is 0 Å². The first-order valence-corrected chi connectivity index (χ1v) is 12.9. The Morgan fingerprint density at radius 1 is 0.970 bits per heavy atom. The van der Waals surface area contributed by atoms with E-state index in [0.29, 0.717) is 16.7 Å². The third-order valence-electron chi connectivity index (χ3n) is 6.82. The third-order valence-corrected chi connectivity index (χ3v) is 7.30. The van der Waals surface area contributed by atoms with Gasteiger partial charge in [-0.15, -0.1) is 0 Å². The summed E-state index contributed by atoms with van der Waals surface area (Å²) in [6.07, 6.45) is 4.11. The van der Waals surface area contributed by atoms with Crippen LogP contribution in [0.2, 0.25) is 5.02 Å². The van der Waals surface area contributed by atoms with Gasteiger partial charge >= 0.3 is 0 Å². The van der Waals surface area contributed by atoms with Crippen LogP contribution in [-0.4, -0.2) is 18.3 Å². The minimum Gasteiger partial charge on any atom is -0.493 e. The highest BCUT2D eigenvalue weighted by Gasteiger charge is 2.26. The summed E-state index contributed by atoms with van der Waals surface area (Å²) in [6, 6.07) is 12.5. The maximum atomic E-state index is 6.27. The summed E-state index contributed by atoms with van der Waals surface area (Å²) in [4.78, 5) is 0. The summed E-state index contributed by atoms with van der Waals surface area (Å²) < 4.78 is 6.27. The zero-order valence-corrected chi connectivity index (χ0v) is 23.0. The lowest BCUT2D eigenvalue weighted by atomic mass is 9.76. The van der Waals surface area contributed by atoms with Gasteiger partial charge in [-0.3, -0.25) is 0 Å². The Kier molecular flexibility index (Phi) is 10.1. The lowest BCUT2D eigenvalue weighted by Crippen LogP contribution is -2.29. The normalized spacial score (nSPS) is 11.9. The Labute approximate surface area is 211 Å². The van der Waals surface area contributed by atoms with Gasteiger partial charge in [0.05, 0.1) is 6.61 Å². The van der Waals surface area contributed by atoms with Crippen LogP contribution >= 0.6 is 23.8 Å². The SMILES string of the molecule is CCC(C)(C)c1ccc(OCCCCNC(=S)Nc2cc(Cl)ccc2C)c(C(C)(C)CC)c1. The van der Waals surface area contributed by atoms with Gasteiger partial charge in [0.25, 0.3) is 0 Å². The van der Waals surface area contributed by atoms with Crippen molar-refractivity contribution in [3.05, 3.63) is 58.1 Å². The standard InChI is InChI=1S/C28H41ClN2OS/c1-8-27(4,5)21-13-15-25(23(18-21)28(6,7)9-2)32-17-11-10-16-30-26(33)31-24-19-22(29)14-12-20(24)3/h12-15,18-19H,8-11,16-17H2,1-7H3,(H2,30,31,33). The van der Waals surface area contributed by atoms with Crippen molar-refractivity contribution < 1.29 is 4.74 Å². The molecule has 0 bridgehead atoms. The molecule has 0 heterocycles. The lowest BCUT2D eigenvalue weighted by Gasteiger charge is -2.30. The quantitative estimate of drug-likeness (QED) is 0.247. The molecule has 0 aromatic heterocycles. The fourth-order valence-electron chi connectivity index (χ4n) is 3.51. The van der Waals surface area contributed by atoms with Crippen LogP contribution in [0.1, 0.15) is 83.9 Å². The topological polar surface area (TPSA) is 33.3 Å². The molecule has 0 spiro atoms. The molecule has 5 heteroatoms. The molecule has 33 heavy (non-hydrogen) atoms. The molecule has 0 aliphatic heterocycles. The Hall–Kier alpha value is -1.78.